The highest BCUT2D eigenvalue weighted by Crippen LogP contribution is 2.54. The van der Waals surface area contributed by atoms with Crippen LogP contribution in [-0.2, 0) is 0 Å². The van der Waals surface area contributed by atoms with Gasteiger partial charge in [0.2, 0.25) is 0 Å². The molecule has 2 aliphatic rings. The highest BCUT2D eigenvalue weighted by Gasteiger charge is 2.46. The molecule has 0 amide bonds. The Morgan fingerprint density at radius 2 is 2.31 bits per heavy atom. The molecule has 0 radical (unpaired) electrons. The fourth-order valence-electron chi connectivity index (χ4n) is 4.15. The summed E-state index contributed by atoms with van der Waals surface area (Å²) in [5.74, 6) is 3.38. The number of fused-ring (bicyclic) bond motifs is 2. The van der Waals surface area contributed by atoms with Crippen molar-refractivity contribution in [2.24, 2.45) is 23.7 Å². The smallest absolute Gasteiger partial charge is 0.0937 e. The molecule has 3 rings (SSSR count). The molecule has 16 heavy (non-hydrogen) atoms. The van der Waals surface area contributed by atoms with Crippen LogP contribution in [-0.4, -0.2) is 11.7 Å². The van der Waals surface area contributed by atoms with E-state index in [2.05, 4.69) is 13.0 Å². The zero-order valence-corrected chi connectivity index (χ0v) is 9.80. The van der Waals surface area contributed by atoms with E-state index >= 15 is 0 Å². The minimum atomic E-state index is 0.331. The number of hydrogen-bond donors (Lipinski definition) is 1. The van der Waals surface area contributed by atoms with Gasteiger partial charge < -0.3 is 9.52 Å². The molecule has 0 aromatic carbocycles. The van der Waals surface area contributed by atoms with Gasteiger partial charge in [0.1, 0.15) is 0 Å². The largest absolute Gasteiger partial charge is 0.472 e. The summed E-state index contributed by atoms with van der Waals surface area (Å²) in [5, 5.41) is 9.67. The summed E-state index contributed by atoms with van der Waals surface area (Å²) in [6.07, 6.45) is 7.52. The molecule has 2 nitrogen and oxygen atoms in total. The summed E-state index contributed by atoms with van der Waals surface area (Å²) < 4.78 is 5.20. The average Bonchev–Trinajstić information content (AvgIpc) is 2.87. The summed E-state index contributed by atoms with van der Waals surface area (Å²) in [7, 11) is 0. The normalized spacial score (nSPS) is 42.5. The molecule has 2 fully saturated rings. The van der Waals surface area contributed by atoms with Gasteiger partial charge in [-0.25, -0.2) is 0 Å². The van der Waals surface area contributed by atoms with Crippen molar-refractivity contribution in [2.45, 2.75) is 32.1 Å². The molecule has 1 heterocycles. The molecular formula is C14H20O2. The lowest BCUT2D eigenvalue weighted by Crippen LogP contribution is -2.34. The van der Waals surface area contributed by atoms with E-state index in [1.807, 2.05) is 6.26 Å². The van der Waals surface area contributed by atoms with Gasteiger partial charge in [-0.05, 0) is 60.5 Å². The standard InChI is InChI=1S/C14H20O2/c1-9-10-2-3-12(9)14(7-15)13(6-10)11-4-5-16-8-11/h4-5,8-10,12-15H,2-3,6-7H2,1H3. The first-order valence-electron chi connectivity index (χ1n) is 6.44. The molecule has 88 valence electrons. The number of aliphatic hydroxyl groups excluding tert-OH is 1. The Morgan fingerprint density at radius 3 is 3.00 bits per heavy atom. The topological polar surface area (TPSA) is 33.4 Å². The maximum absolute atomic E-state index is 9.67. The molecule has 0 saturated heterocycles. The van der Waals surface area contributed by atoms with Gasteiger partial charge in [0.25, 0.3) is 0 Å². The molecule has 2 bridgehead atoms. The Labute approximate surface area is 96.7 Å². The van der Waals surface area contributed by atoms with E-state index in [-0.39, 0.29) is 0 Å². The molecule has 2 aliphatic carbocycles. The van der Waals surface area contributed by atoms with Crippen molar-refractivity contribution in [3.05, 3.63) is 24.2 Å². The molecular weight excluding hydrogens is 200 g/mol. The summed E-state index contributed by atoms with van der Waals surface area (Å²) in [4.78, 5) is 0. The molecule has 0 spiro atoms. The van der Waals surface area contributed by atoms with Crippen LogP contribution in [0.3, 0.4) is 0 Å². The second-order valence-corrected chi connectivity index (χ2v) is 5.61. The Hall–Kier alpha value is -0.760. The van der Waals surface area contributed by atoms with Gasteiger partial charge in [0, 0.05) is 6.61 Å². The predicted octanol–water partition coefficient (Wildman–Crippen LogP) is 3.04. The predicted molar refractivity (Wildman–Crippen MR) is 62.0 cm³/mol. The van der Waals surface area contributed by atoms with Crippen LogP contribution in [0.1, 0.15) is 37.7 Å². The number of furan rings is 1. The van der Waals surface area contributed by atoms with Crippen LogP contribution in [0, 0.1) is 23.7 Å². The Bertz CT molecular complexity index is 344. The van der Waals surface area contributed by atoms with Gasteiger partial charge in [-0.15, -0.1) is 0 Å². The number of aliphatic hydroxyl groups is 1. The molecule has 0 aliphatic heterocycles. The minimum absolute atomic E-state index is 0.331. The van der Waals surface area contributed by atoms with E-state index < -0.39 is 0 Å². The quantitative estimate of drug-likeness (QED) is 0.831. The maximum atomic E-state index is 9.67. The van der Waals surface area contributed by atoms with E-state index in [0.717, 1.165) is 17.8 Å². The fraction of sp³-hybridized carbons (Fsp3) is 0.714. The van der Waals surface area contributed by atoms with Crippen LogP contribution >= 0.6 is 0 Å². The fourth-order valence-corrected chi connectivity index (χ4v) is 4.15. The van der Waals surface area contributed by atoms with Gasteiger partial charge in [0.05, 0.1) is 12.5 Å². The molecule has 2 heteroatoms. The van der Waals surface area contributed by atoms with E-state index in [4.69, 9.17) is 4.42 Å². The van der Waals surface area contributed by atoms with Crippen molar-refractivity contribution >= 4 is 0 Å². The van der Waals surface area contributed by atoms with Gasteiger partial charge in [0.15, 0.2) is 0 Å². The van der Waals surface area contributed by atoms with Crippen LogP contribution in [0.4, 0.5) is 0 Å². The lowest BCUT2D eigenvalue weighted by atomic mass is 9.66. The van der Waals surface area contributed by atoms with E-state index in [0.29, 0.717) is 18.4 Å². The van der Waals surface area contributed by atoms with Crippen molar-refractivity contribution < 1.29 is 9.52 Å². The third-order valence-corrected chi connectivity index (χ3v) is 5.10. The summed E-state index contributed by atoms with van der Waals surface area (Å²) in [5.41, 5.74) is 1.29. The lowest BCUT2D eigenvalue weighted by molar-refractivity contribution is 0.0805. The van der Waals surface area contributed by atoms with Gasteiger partial charge in [-0.2, -0.15) is 0 Å². The highest BCUT2D eigenvalue weighted by molar-refractivity contribution is 5.17. The van der Waals surface area contributed by atoms with Crippen molar-refractivity contribution in [3.63, 3.8) is 0 Å². The lowest BCUT2D eigenvalue weighted by Gasteiger charge is -2.39. The Morgan fingerprint density at radius 1 is 1.44 bits per heavy atom. The SMILES string of the molecule is CC1C2CCC1C(CO)C(c1ccoc1)C2. The van der Waals surface area contributed by atoms with Crippen molar-refractivity contribution in [1.82, 2.24) is 0 Å². The Balaban J connectivity index is 1.90. The first-order valence-corrected chi connectivity index (χ1v) is 6.44. The van der Waals surface area contributed by atoms with E-state index in [9.17, 15) is 5.11 Å². The first-order chi connectivity index (χ1) is 7.81. The number of hydrogen-bond acceptors (Lipinski definition) is 2. The van der Waals surface area contributed by atoms with Crippen LogP contribution in [0.5, 0.6) is 0 Å². The molecule has 5 unspecified atom stereocenters. The van der Waals surface area contributed by atoms with E-state index in [1.54, 1.807) is 6.26 Å². The molecule has 1 aromatic rings. The highest BCUT2D eigenvalue weighted by atomic mass is 16.3. The molecule has 2 saturated carbocycles. The molecule has 1 aromatic heterocycles. The van der Waals surface area contributed by atoms with Gasteiger partial charge in [-0.3, -0.25) is 0 Å². The third kappa shape index (κ3) is 1.43. The second kappa shape index (κ2) is 3.92. The molecule has 1 N–H and O–H groups in total. The van der Waals surface area contributed by atoms with E-state index in [1.165, 1.54) is 24.8 Å². The second-order valence-electron chi connectivity index (χ2n) is 5.61. The van der Waals surface area contributed by atoms with Crippen LogP contribution < -0.4 is 0 Å². The van der Waals surface area contributed by atoms with Crippen LogP contribution in [0.15, 0.2) is 23.0 Å². The van der Waals surface area contributed by atoms with Crippen molar-refractivity contribution in [2.75, 3.05) is 6.61 Å². The van der Waals surface area contributed by atoms with Gasteiger partial charge in [-0.1, -0.05) is 6.92 Å². The van der Waals surface area contributed by atoms with Crippen molar-refractivity contribution in [3.8, 4) is 0 Å². The Kier molecular flexibility index (Phi) is 2.55. The maximum Gasteiger partial charge on any atom is 0.0937 e. The van der Waals surface area contributed by atoms with Gasteiger partial charge >= 0.3 is 0 Å². The van der Waals surface area contributed by atoms with Crippen molar-refractivity contribution in [1.29, 1.82) is 0 Å². The van der Waals surface area contributed by atoms with Crippen LogP contribution in [0.25, 0.3) is 0 Å². The average molecular weight is 220 g/mol. The third-order valence-electron chi connectivity index (χ3n) is 5.10. The minimum Gasteiger partial charge on any atom is -0.472 e. The van der Waals surface area contributed by atoms with Crippen LogP contribution in [0.2, 0.25) is 0 Å². The summed E-state index contributed by atoms with van der Waals surface area (Å²) in [6, 6.07) is 2.07. The zero-order chi connectivity index (χ0) is 11.1. The number of rotatable bonds is 2. The monoisotopic (exact) mass is 220 g/mol. The summed E-state index contributed by atoms with van der Waals surface area (Å²) in [6.45, 7) is 2.70. The summed E-state index contributed by atoms with van der Waals surface area (Å²) >= 11 is 0. The molecule has 5 atom stereocenters. The first kappa shape index (κ1) is 10.4. The zero-order valence-electron chi connectivity index (χ0n) is 9.80.